The van der Waals surface area contributed by atoms with Gasteiger partial charge in [-0.2, -0.15) is 0 Å². The molecule has 5 nitrogen and oxygen atoms in total. The summed E-state index contributed by atoms with van der Waals surface area (Å²) in [4.78, 5) is 20.6. The van der Waals surface area contributed by atoms with Crippen LogP contribution in [0, 0.1) is 6.92 Å². The van der Waals surface area contributed by atoms with Gasteiger partial charge in [-0.1, -0.05) is 56.0 Å². The van der Waals surface area contributed by atoms with Gasteiger partial charge in [0, 0.05) is 48.4 Å². The molecule has 0 spiro atoms. The highest BCUT2D eigenvalue weighted by molar-refractivity contribution is 7.15. The van der Waals surface area contributed by atoms with E-state index in [4.69, 9.17) is 4.98 Å². The number of imidazole rings is 1. The molecule has 4 rings (SSSR count). The molecule has 2 heterocycles. The van der Waals surface area contributed by atoms with E-state index in [0.29, 0.717) is 6.04 Å². The zero-order valence-corrected chi connectivity index (χ0v) is 18.9. The van der Waals surface area contributed by atoms with Crippen LogP contribution >= 0.6 is 11.3 Å². The molecule has 30 heavy (non-hydrogen) atoms. The van der Waals surface area contributed by atoms with Gasteiger partial charge in [0.05, 0.1) is 5.69 Å². The molecule has 2 amide bonds. The molecule has 0 bridgehead atoms. The van der Waals surface area contributed by atoms with E-state index in [9.17, 15) is 4.79 Å². The molecule has 1 aliphatic rings. The molecular formula is C24H32N4OS. The monoisotopic (exact) mass is 424 g/mol. The van der Waals surface area contributed by atoms with Gasteiger partial charge in [0.2, 0.25) is 0 Å². The van der Waals surface area contributed by atoms with Crippen molar-refractivity contribution < 1.29 is 4.79 Å². The Morgan fingerprint density at radius 1 is 1.20 bits per heavy atom. The summed E-state index contributed by atoms with van der Waals surface area (Å²) in [6.07, 6.45) is 9.93. The number of nitrogens with one attached hydrogen (secondary N) is 1. The molecule has 0 atom stereocenters. The normalized spacial score (nSPS) is 14.9. The van der Waals surface area contributed by atoms with E-state index in [-0.39, 0.29) is 6.03 Å². The zero-order chi connectivity index (χ0) is 20.9. The number of benzene rings is 1. The van der Waals surface area contributed by atoms with E-state index in [2.05, 4.69) is 59.4 Å². The van der Waals surface area contributed by atoms with Crippen molar-refractivity contribution in [3.63, 3.8) is 0 Å². The molecule has 1 aliphatic carbocycles. The van der Waals surface area contributed by atoms with Crippen molar-refractivity contribution in [3.05, 3.63) is 47.1 Å². The minimum atomic E-state index is 0.0983. The van der Waals surface area contributed by atoms with Crippen molar-refractivity contribution >= 4 is 22.3 Å². The van der Waals surface area contributed by atoms with Gasteiger partial charge in [0.25, 0.3) is 0 Å². The third-order valence-electron chi connectivity index (χ3n) is 5.98. The Morgan fingerprint density at radius 3 is 2.70 bits per heavy atom. The summed E-state index contributed by atoms with van der Waals surface area (Å²) in [5.41, 5.74) is 4.61. The number of hydrogen-bond donors (Lipinski definition) is 1. The number of hydrogen-bond acceptors (Lipinski definition) is 3. The van der Waals surface area contributed by atoms with Crippen LogP contribution in [0.3, 0.4) is 0 Å². The average molecular weight is 425 g/mol. The topological polar surface area (TPSA) is 49.6 Å². The lowest BCUT2D eigenvalue weighted by atomic mass is 9.96. The van der Waals surface area contributed by atoms with Gasteiger partial charge in [-0.15, -0.1) is 11.3 Å². The minimum absolute atomic E-state index is 0.0983. The van der Waals surface area contributed by atoms with E-state index >= 15 is 0 Å². The average Bonchev–Trinajstić information content (AvgIpc) is 3.34. The van der Waals surface area contributed by atoms with Crippen molar-refractivity contribution in [3.8, 4) is 11.3 Å². The zero-order valence-electron chi connectivity index (χ0n) is 18.1. The molecule has 0 saturated heterocycles. The number of aryl methyl sites for hydroxylation is 1. The fourth-order valence-corrected chi connectivity index (χ4v) is 5.13. The van der Waals surface area contributed by atoms with Crippen LogP contribution in [0.25, 0.3) is 16.2 Å². The summed E-state index contributed by atoms with van der Waals surface area (Å²) >= 11 is 1.67. The van der Waals surface area contributed by atoms with Gasteiger partial charge in [-0.3, -0.25) is 4.40 Å². The Kier molecular flexibility index (Phi) is 6.72. The second-order valence-corrected chi connectivity index (χ2v) is 9.23. The smallest absolute Gasteiger partial charge is 0.317 e. The summed E-state index contributed by atoms with van der Waals surface area (Å²) in [5, 5.41) is 5.44. The summed E-state index contributed by atoms with van der Waals surface area (Å²) < 4.78 is 2.18. The number of carbonyl (C=O) groups is 1. The number of urea groups is 1. The molecular weight excluding hydrogens is 392 g/mol. The number of fused-ring (bicyclic) bond motifs is 1. The van der Waals surface area contributed by atoms with Crippen molar-refractivity contribution in [1.82, 2.24) is 19.6 Å². The molecule has 0 aliphatic heterocycles. The quantitative estimate of drug-likeness (QED) is 0.531. The van der Waals surface area contributed by atoms with Gasteiger partial charge >= 0.3 is 6.03 Å². The van der Waals surface area contributed by atoms with Crippen LogP contribution in [0.5, 0.6) is 0 Å². The van der Waals surface area contributed by atoms with Gasteiger partial charge in [0.1, 0.15) is 0 Å². The van der Waals surface area contributed by atoms with E-state index in [1.54, 1.807) is 11.3 Å². The first-order valence-electron chi connectivity index (χ1n) is 11.2. The van der Waals surface area contributed by atoms with Gasteiger partial charge in [0.15, 0.2) is 4.96 Å². The molecule has 2 aromatic heterocycles. The number of rotatable bonds is 7. The largest absolute Gasteiger partial charge is 0.335 e. The summed E-state index contributed by atoms with van der Waals surface area (Å²) in [5.74, 6) is 0. The number of carbonyl (C=O) groups excluding carboxylic acids is 1. The lowest BCUT2D eigenvalue weighted by molar-refractivity contribution is 0.190. The number of thiazole rings is 1. The Morgan fingerprint density at radius 2 is 1.97 bits per heavy atom. The van der Waals surface area contributed by atoms with Gasteiger partial charge in [-0.25, -0.2) is 9.78 Å². The third kappa shape index (κ3) is 4.86. The molecule has 0 unspecified atom stereocenters. The van der Waals surface area contributed by atoms with Crippen LogP contribution in [0.1, 0.15) is 56.7 Å². The molecule has 1 saturated carbocycles. The molecule has 1 aromatic carbocycles. The predicted molar refractivity (Wildman–Crippen MR) is 124 cm³/mol. The maximum Gasteiger partial charge on any atom is 0.317 e. The van der Waals surface area contributed by atoms with Crippen LogP contribution in [0.2, 0.25) is 0 Å². The fourth-order valence-electron chi connectivity index (χ4n) is 4.22. The molecule has 6 heteroatoms. The first-order chi connectivity index (χ1) is 14.6. The van der Waals surface area contributed by atoms with Gasteiger partial charge < -0.3 is 10.2 Å². The maximum absolute atomic E-state index is 12.8. The Bertz CT molecular complexity index is 969. The lowest BCUT2D eigenvalue weighted by Gasteiger charge is -2.28. The maximum atomic E-state index is 12.8. The highest BCUT2D eigenvalue weighted by Gasteiger charge is 2.20. The first kappa shape index (κ1) is 20.9. The Labute approximate surface area is 183 Å². The van der Waals surface area contributed by atoms with Crippen LogP contribution in [0.4, 0.5) is 4.79 Å². The molecule has 3 aromatic rings. The highest BCUT2D eigenvalue weighted by Crippen LogP contribution is 2.24. The van der Waals surface area contributed by atoms with Gasteiger partial charge in [-0.05, 0) is 26.2 Å². The fraction of sp³-hybridized carbons (Fsp3) is 0.500. The van der Waals surface area contributed by atoms with Crippen molar-refractivity contribution in [2.24, 2.45) is 0 Å². The van der Waals surface area contributed by atoms with Crippen LogP contribution in [0.15, 0.2) is 35.8 Å². The van der Waals surface area contributed by atoms with Crippen LogP contribution < -0.4 is 5.32 Å². The summed E-state index contributed by atoms with van der Waals surface area (Å²) in [6, 6.07) is 8.94. The molecule has 0 radical (unpaired) electrons. The molecule has 160 valence electrons. The van der Waals surface area contributed by atoms with Crippen LogP contribution in [-0.4, -0.2) is 39.4 Å². The van der Waals surface area contributed by atoms with E-state index in [0.717, 1.165) is 55.0 Å². The second-order valence-electron chi connectivity index (χ2n) is 8.39. The Balaban J connectivity index is 1.43. The van der Waals surface area contributed by atoms with Crippen LogP contribution in [-0.2, 0) is 6.42 Å². The van der Waals surface area contributed by atoms with E-state index < -0.39 is 0 Å². The third-order valence-corrected chi connectivity index (χ3v) is 6.87. The lowest BCUT2D eigenvalue weighted by Crippen LogP contribution is -2.46. The number of amides is 2. The van der Waals surface area contributed by atoms with Crippen molar-refractivity contribution in [2.75, 3.05) is 13.1 Å². The minimum Gasteiger partial charge on any atom is -0.335 e. The highest BCUT2D eigenvalue weighted by atomic mass is 32.1. The van der Waals surface area contributed by atoms with E-state index in [1.165, 1.54) is 30.5 Å². The standard InChI is InChI=1S/C24H32N4OS/c1-3-14-27(23(29)25-20-7-5-4-6-8-20)15-13-21-17-30-24-26-22(16-28(21)24)19-11-9-18(2)10-12-19/h9-12,16-17,20H,3-8,13-15H2,1-2H3,(H,25,29). The second kappa shape index (κ2) is 9.65. The first-order valence-corrected chi connectivity index (χ1v) is 12.1. The summed E-state index contributed by atoms with van der Waals surface area (Å²) in [7, 11) is 0. The molecule has 1 fully saturated rings. The predicted octanol–water partition coefficient (Wildman–Crippen LogP) is 5.67. The SMILES string of the molecule is CCCN(CCc1csc2nc(-c3ccc(C)cc3)cn12)C(=O)NC1CCCCC1. The number of nitrogens with zero attached hydrogens (tertiary/aromatic N) is 3. The summed E-state index contributed by atoms with van der Waals surface area (Å²) in [6.45, 7) is 5.76. The van der Waals surface area contributed by atoms with Crippen molar-refractivity contribution in [2.45, 2.75) is 64.8 Å². The Hall–Kier alpha value is -2.34. The number of aromatic nitrogens is 2. The van der Waals surface area contributed by atoms with Crippen molar-refractivity contribution in [1.29, 1.82) is 0 Å². The molecule has 1 N–H and O–H groups in total. The van der Waals surface area contributed by atoms with E-state index in [1.807, 2.05) is 4.90 Å².